The molecule has 1 heterocycles. The second-order valence-corrected chi connectivity index (χ2v) is 6.24. The highest BCUT2D eigenvalue weighted by Crippen LogP contribution is 2.25. The maximum absolute atomic E-state index is 12.3. The molecule has 0 unspecified atom stereocenters. The molecule has 2 aromatic rings. The first kappa shape index (κ1) is 17.0. The summed E-state index contributed by atoms with van der Waals surface area (Å²) in [4.78, 5) is 12.3. The van der Waals surface area contributed by atoms with E-state index in [0.29, 0.717) is 5.69 Å². The van der Waals surface area contributed by atoms with Crippen molar-refractivity contribution in [2.75, 3.05) is 0 Å². The molecule has 0 bridgehead atoms. The van der Waals surface area contributed by atoms with Crippen LogP contribution in [0.1, 0.15) is 36.7 Å². The fourth-order valence-corrected chi connectivity index (χ4v) is 2.72. The Morgan fingerprint density at radius 3 is 2.80 bits per heavy atom. The summed E-state index contributed by atoms with van der Waals surface area (Å²) in [5.41, 5.74) is 8.08. The van der Waals surface area contributed by atoms with Gasteiger partial charge in [-0.15, -0.1) is 0 Å². The molecule has 25 heavy (non-hydrogen) atoms. The van der Waals surface area contributed by atoms with Gasteiger partial charge in [-0.25, -0.2) is 5.84 Å². The summed E-state index contributed by atoms with van der Waals surface area (Å²) in [6.07, 6.45) is 4.06. The van der Waals surface area contributed by atoms with Gasteiger partial charge >= 0.3 is 0 Å². The summed E-state index contributed by atoms with van der Waals surface area (Å²) in [5, 5.41) is 8.53. The largest absolute Gasteiger partial charge is 0.401 e. The zero-order chi connectivity index (χ0) is 17.8. The van der Waals surface area contributed by atoms with Crippen molar-refractivity contribution in [2.24, 2.45) is 11.6 Å². The lowest BCUT2D eigenvalue weighted by atomic mass is 9.86. The lowest BCUT2D eigenvalue weighted by molar-refractivity contribution is 0.0813. The Hall–Kier alpha value is -2.80. The number of hydrazine groups is 1. The molecule has 7 heteroatoms. The van der Waals surface area contributed by atoms with E-state index in [2.05, 4.69) is 10.5 Å². The summed E-state index contributed by atoms with van der Waals surface area (Å²) in [6.45, 7) is 1.98. The molecular formula is C18H23N5O2. The SMILES string of the molecule is CC/C(N)=C/N(N)[C@H]1C[C@@H](NC(=O)c2cc(-c3ccccc3)no2)C1. The third-order valence-corrected chi connectivity index (χ3v) is 4.40. The van der Waals surface area contributed by atoms with Crippen molar-refractivity contribution in [3.8, 4) is 11.3 Å². The minimum absolute atomic E-state index is 0.0741. The van der Waals surface area contributed by atoms with E-state index in [4.69, 9.17) is 16.1 Å². The van der Waals surface area contributed by atoms with Crippen molar-refractivity contribution in [1.82, 2.24) is 15.5 Å². The topological polar surface area (TPSA) is 110 Å². The number of amides is 1. The van der Waals surface area contributed by atoms with Gasteiger partial charge < -0.3 is 20.6 Å². The molecule has 1 fully saturated rings. The summed E-state index contributed by atoms with van der Waals surface area (Å²) in [5.74, 6) is 5.91. The number of carbonyl (C=O) groups excluding carboxylic acids is 1. The highest BCUT2D eigenvalue weighted by Gasteiger charge is 2.33. The van der Waals surface area contributed by atoms with Crippen LogP contribution >= 0.6 is 0 Å². The maximum atomic E-state index is 12.3. The highest BCUT2D eigenvalue weighted by molar-refractivity contribution is 5.92. The Morgan fingerprint density at radius 1 is 1.40 bits per heavy atom. The minimum Gasteiger partial charge on any atom is -0.401 e. The molecule has 3 rings (SSSR count). The normalized spacial score (nSPS) is 20.0. The molecule has 0 radical (unpaired) electrons. The Balaban J connectivity index is 1.52. The van der Waals surface area contributed by atoms with Crippen LogP contribution in [0.2, 0.25) is 0 Å². The standard InChI is InChI=1S/C18H23N5O2/c1-2-13(19)11-23(20)15-8-14(9-15)21-18(24)17-10-16(22-25-17)12-6-4-3-5-7-12/h3-7,10-11,14-15H,2,8-9,19-20H2,1H3,(H,21,24)/b13-11-/t14-,15+. The van der Waals surface area contributed by atoms with E-state index in [1.807, 2.05) is 37.3 Å². The van der Waals surface area contributed by atoms with Crippen LogP contribution in [0, 0.1) is 0 Å². The van der Waals surface area contributed by atoms with Gasteiger partial charge in [0.2, 0.25) is 5.76 Å². The molecule has 1 aliphatic carbocycles. The van der Waals surface area contributed by atoms with Crippen LogP contribution in [-0.2, 0) is 0 Å². The monoisotopic (exact) mass is 341 g/mol. The molecule has 7 nitrogen and oxygen atoms in total. The third kappa shape index (κ3) is 4.00. The molecule has 1 aliphatic rings. The van der Waals surface area contributed by atoms with E-state index in [0.717, 1.165) is 30.5 Å². The number of nitrogens with two attached hydrogens (primary N) is 2. The summed E-state index contributed by atoms with van der Waals surface area (Å²) in [6, 6.07) is 11.5. The predicted molar refractivity (Wildman–Crippen MR) is 94.8 cm³/mol. The van der Waals surface area contributed by atoms with Crippen molar-refractivity contribution in [3.05, 3.63) is 54.1 Å². The van der Waals surface area contributed by atoms with Crippen molar-refractivity contribution in [3.63, 3.8) is 0 Å². The molecular weight excluding hydrogens is 318 g/mol. The van der Waals surface area contributed by atoms with Gasteiger partial charge in [0, 0.05) is 35.6 Å². The van der Waals surface area contributed by atoms with Gasteiger partial charge in [0.15, 0.2) is 0 Å². The van der Waals surface area contributed by atoms with Crippen LogP contribution in [0.3, 0.4) is 0 Å². The van der Waals surface area contributed by atoms with E-state index in [-0.39, 0.29) is 23.8 Å². The first-order chi connectivity index (χ1) is 12.1. The second-order valence-electron chi connectivity index (χ2n) is 6.24. The van der Waals surface area contributed by atoms with Crippen molar-refractivity contribution >= 4 is 5.91 Å². The number of carbonyl (C=O) groups is 1. The van der Waals surface area contributed by atoms with Gasteiger partial charge in [-0.05, 0) is 19.3 Å². The molecule has 5 N–H and O–H groups in total. The van der Waals surface area contributed by atoms with Gasteiger partial charge in [-0.3, -0.25) is 4.79 Å². The fraction of sp³-hybridized carbons (Fsp3) is 0.333. The molecule has 132 valence electrons. The van der Waals surface area contributed by atoms with Crippen LogP contribution in [-0.4, -0.2) is 28.2 Å². The Morgan fingerprint density at radius 2 is 2.12 bits per heavy atom. The summed E-state index contributed by atoms with van der Waals surface area (Å²) in [7, 11) is 0. The Kier molecular flexibility index (Phi) is 5.04. The number of hydrogen-bond donors (Lipinski definition) is 3. The Bertz CT molecular complexity index is 750. The summed E-state index contributed by atoms with van der Waals surface area (Å²) < 4.78 is 5.17. The zero-order valence-corrected chi connectivity index (χ0v) is 14.2. The first-order valence-electron chi connectivity index (χ1n) is 8.39. The minimum atomic E-state index is -0.259. The van der Waals surface area contributed by atoms with E-state index < -0.39 is 0 Å². The zero-order valence-electron chi connectivity index (χ0n) is 14.2. The second kappa shape index (κ2) is 7.40. The Labute approximate surface area is 146 Å². The van der Waals surface area contributed by atoms with Crippen LogP contribution in [0.5, 0.6) is 0 Å². The average Bonchev–Trinajstić information content (AvgIpc) is 3.08. The number of allylic oxidation sites excluding steroid dienone is 1. The van der Waals surface area contributed by atoms with Gasteiger partial charge in [0.25, 0.3) is 5.91 Å². The number of aromatic nitrogens is 1. The molecule has 0 atom stereocenters. The average molecular weight is 341 g/mol. The third-order valence-electron chi connectivity index (χ3n) is 4.40. The fourth-order valence-electron chi connectivity index (χ4n) is 2.72. The van der Waals surface area contributed by atoms with Crippen LogP contribution in [0.15, 0.2) is 52.8 Å². The van der Waals surface area contributed by atoms with Crippen molar-refractivity contribution in [2.45, 2.75) is 38.3 Å². The highest BCUT2D eigenvalue weighted by atomic mass is 16.5. The number of nitrogens with zero attached hydrogens (tertiary/aromatic N) is 2. The van der Waals surface area contributed by atoms with Crippen molar-refractivity contribution < 1.29 is 9.32 Å². The lowest BCUT2D eigenvalue weighted by Crippen LogP contribution is -2.54. The number of nitrogens with one attached hydrogen (secondary N) is 1. The lowest BCUT2D eigenvalue weighted by Gasteiger charge is -2.40. The molecule has 0 spiro atoms. The number of rotatable bonds is 6. The molecule has 1 aromatic carbocycles. The summed E-state index contributed by atoms with van der Waals surface area (Å²) >= 11 is 0. The van der Waals surface area contributed by atoms with Crippen LogP contribution in [0.25, 0.3) is 11.3 Å². The van der Waals surface area contributed by atoms with Crippen molar-refractivity contribution in [1.29, 1.82) is 0 Å². The predicted octanol–water partition coefficient (Wildman–Crippen LogP) is 1.99. The van der Waals surface area contributed by atoms with E-state index in [1.165, 1.54) is 0 Å². The van der Waals surface area contributed by atoms with Crippen LogP contribution in [0.4, 0.5) is 0 Å². The first-order valence-corrected chi connectivity index (χ1v) is 8.39. The molecule has 1 saturated carbocycles. The maximum Gasteiger partial charge on any atom is 0.290 e. The van der Waals surface area contributed by atoms with E-state index in [9.17, 15) is 4.79 Å². The molecule has 1 amide bonds. The molecule has 0 aliphatic heterocycles. The van der Waals surface area contributed by atoms with E-state index >= 15 is 0 Å². The van der Waals surface area contributed by atoms with Gasteiger partial charge in [-0.1, -0.05) is 42.4 Å². The number of hydrogen-bond acceptors (Lipinski definition) is 6. The molecule has 0 saturated heterocycles. The van der Waals surface area contributed by atoms with Gasteiger partial charge in [0.05, 0.1) is 0 Å². The molecule has 1 aromatic heterocycles. The number of benzene rings is 1. The smallest absolute Gasteiger partial charge is 0.290 e. The van der Waals surface area contributed by atoms with Crippen LogP contribution < -0.4 is 16.9 Å². The van der Waals surface area contributed by atoms with Gasteiger partial charge in [-0.2, -0.15) is 0 Å². The van der Waals surface area contributed by atoms with E-state index in [1.54, 1.807) is 17.3 Å². The van der Waals surface area contributed by atoms with Gasteiger partial charge in [0.1, 0.15) is 5.69 Å². The quantitative estimate of drug-likeness (QED) is 0.547.